The van der Waals surface area contributed by atoms with Crippen LogP contribution in [0.15, 0.2) is 59.1 Å². The number of para-hydroxylation sites is 1. The van der Waals surface area contributed by atoms with Crippen LogP contribution in [0.1, 0.15) is 18.2 Å². The van der Waals surface area contributed by atoms with Crippen LogP contribution in [0, 0.1) is 0 Å². The zero-order valence-electron chi connectivity index (χ0n) is 12.7. The molecule has 0 aliphatic carbocycles. The normalized spacial score (nSPS) is 17.5. The van der Waals surface area contributed by atoms with Crippen LogP contribution in [0.25, 0.3) is 11.4 Å². The van der Waals surface area contributed by atoms with Gasteiger partial charge in [-0.05, 0) is 24.3 Å². The standard InChI is InChI=1S/C18H14ClN3O2/c19-15-9-5-4-8-14(15)17-20-18(24-21-17)12-10-16(23)22(11-12)13-6-2-1-3-7-13/h1-9,12H,10-11H2/t12-/m0/s1. The van der Waals surface area contributed by atoms with Crippen LogP contribution < -0.4 is 4.90 Å². The Morgan fingerprint density at radius 1 is 1.08 bits per heavy atom. The second-order valence-electron chi connectivity index (χ2n) is 5.68. The maximum absolute atomic E-state index is 12.3. The molecule has 0 spiro atoms. The number of aromatic nitrogens is 2. The van der Waals surface area contributed by atoms with Gasteiger partial charge in [-0.25, -0.2) is 0 Å². The van der Waals surface area contributed by atoms with Gasteiger partial charge in [0.2, 0.25) is 17.6 Å². The molecule has 0 N–H and O–H groups in total. The molecule has 120 valence electrons. The summed E-state index contributed by atoms with van der Waals surface area (Å²) in [5, 5.41) is 4.58. The number of nitrogens with zero attached hydrogens (tertiary/aromatic N) is 3. The molecular formula is C18H14ClN3O2. The van der Waals surface area contributed by atoms with Gasteiger partial charge >= 0.3 is 0 Å². The molecule has 0 bridgehead atoms. The number of carbonyl (C=O) groups excluding carboxylic acids is 1. The van der Waals surface area contributed by atoms with E-state index >= 15 is 0 Å². The molecule has 5 nitrogen and oxygen atoms in total. The van der Waals surface area contributed by atoms with Crippen molar-refractivity contribution in [2.24, 2.45) is 0 Å². The molecule has 1 aliphatic rings. The molecule has 1 aromatic heterocycles. The number of hydrogen-bond acceptors (Lipinski definition) is 4. The minimum atomic E-state index is -0.110. The molecule has 0 radical (unpaired) electrons. The first kappa shape index (κ1) is 14.9. The monoisotopic (exact) mass is 339 g/mol. The van der Waals surface area contributed by atoms with Crippen molar-refractivity contribution < 1.29 is 9.32 Å². The Kier molecular flexibility index (Phi) is 3.78. The molecule has 1 aliphatic heterocycles. The smallest absolute Gasteiger partial charge is 0.232 e. The Bertz CT molecular complexity index is 879. The summed E-state index contributed by atoms with van der Waals surface area (Å²) in [5.41, 5.74) is 1.61. The van der Waals surface area contributed by atoms with Gasteiger partial charge in [-0.15, -0.1) is 0 Å². The van der Waals surface area contributed by atoms with Crippen molar-refractivity contribution >= 4 is 23.2 Å². The molecule has 0 unspecified atom stereocenters. The fourth-order valence-corrected chi connectivity index (χ4v) is 3.10. The first-order valence-corrected chi connectivity index (χ1v) is 8.04. The Morgan fingerprint density at radius 2 is 1.83 bits per heavy atom. The summed E-state index contributed by atoms with van der Waals surface area (Å²) in [6.45, 7) is 0.535. The third kappa shape index (κ3) is 2.67. The lowest BCUT2D eigenvalue weighted by atomic mass is 10.1. The first-order valence-electron chi connectivity index (χ1n) is 7.66. The number of carbonyl (C=O) groups is 1. The summed E-state index contributed by atoms with van der Waals surface area (Å²) in [6.07, 6.45) is 0.360. The fraction of sp³-hybridized carbons (Fsp3) is 0.167. The van der Waals surface area contributed by atoms with E-state index in [1.54, 1.807) is 11.0 Å². The average Bonchev–Trinajstić information content (AvgIpc) is 3.23. The topological polar surface area (TPSA) is 59.2 Å². The number of hydrogen-bond donors (Lipinski definition) is 0. The van der Waals surface area contributed by atoms with Crippen LogP contribution in [0.4, 0.5) is 5.69 Å². The van der Waals surface area contributed by atoms with E-state index in [2.05, 4.69) is 10.1 Å². The van der Waals surface area contributed by atoms with E-state index in [-0.39, 0.29) is 11.8 Å². The third-order valence-electron chi connectivity index (χ3n) is 4.10. The Morgan fingerprint density at radius 3 is 2.62 bits per heavy atom. The SMILES string of the molecule is O=C1C[C@H](c2nc(-c3ccccc3Cl)no2)CN1c1ccccc1. The number of anilines is 1. The number of benzene rings is 2. The quantitative estimate of drug-likeness (QED) is 0.726. The van der Waals surface area contributed by atoms with Crippen LogP contribution in [-0.4, -0.2) is 22.6 Å². The highest BCUT2D eigenvalue weighted by Crippen LogP contribution is 2.32. The highest BCUT2D eigenvalue weighted by molar-refractivity contribution is 6.33. The van der Waals surface area contributed by atoms with Gasteiger partial charge in [0.05, 0.1) is 10.9 Å². The highest BCUT2D eigenvalue weighted by Gasteiger charge is 2.35. The van der Waals surface area contributed by atoms with Crippen molar-refractivity contribution in [2.45, 2.75) is 12.3 Å². The lowest BCUT2D eigenvalue weighted by molar-refractivity contribution is -0.117. The van der Waals surface area contributed by atoms with Gasteiger partial charge in [0, 0.05) is 24.2 Å². The molecule has 0 saturated carbocycles. The predicted molar refractivity (Wildman–Crippen MR) is 90.9 cm³/mol. The minimum absolute atomic E-state index is 0.0590. The highest BCUT2D eigenvalue weighted by atomic mass is 35.5. The van der Waals surface area contributed by atoms with Gasteiger partial charge in [-0.2, -0.15) is 4.98 Å². The van der Waals surface area contributed by atoms with Gasteiger partial charge < -0.3 is 9.42 Å². The molecule has 1 atom stereocenters. The largest absolute Gasteiger partial charge is 0.339 e. The second kappa shape index (κ2) is 6.09. The summed E-state index contributed by atoms with van der Waals surface area (Å²) in [5.74, 6) is 0.864. The summed E-state index contributed by atoms with van der Waals surface area (Å²) >= 11 is 6.17. The third-order valence-corrected chi connectivity index (χ3v) is 4.43. The van der Waals surface area contributed by atoms with Crippen molar-refractivity contribution in [1.29, 1.82) is 0 Å². The molecule has 24 heavy (non-hydrogen) atoms. The van der Waals surface area contributed by atoms with E-state index in [0.29, 0.717) is 29.7 Å². The Hall–Kier alpha value is -2.66. The van der Waals surface area contributed by atoms with Crippen LogP contribution in [0.5, 0.6) is 0 Å². The molecule has 4 rings (SSSR count). The minimum Gasteiger partial charge on any atom is -0.339 e. The number of amides is 1. The van der Waals surface area contributed by atoms with Crippen molar-refractivity contribution in [3.8, 4) is 11.4 Å². The molecular weight excluding hydrogens is 326 g/mol. The number of rotatable bonds is 3. The summed E-state index contributed by atoms with van der Waals surface area (Å²) in [6, 6.07) is 16.9. The van der Waals surface area contributed by atoms with Crippen molar-refractivity contribution in [3.63, 3.8) is 0 Å². The predicted octanol–water partition coefficient (Wildman–Crippen LogP) is 3.91. The van der Waals surface area contributed by atoms with Crippen molar-refractivity contribution in [3.05, 3.63) is 65.5 Å². The van der Waals surface area contributed by atoms with Gasteiger partial charge in [-0.1, -0.05) is 47.1 Å². The van der Waals surface area contributed by atoms with E-state index in [4.69, 9.17) is 16.1 Å². The van der Waals surface area contributed by atoms with E-state index in [9.17, 15) is 4.79 Å². The lowest BCUT2D eigenvalue weighted by Crippen LogP contribution is -2.24. The average molecular weight is 340 g/mol. The zero-order valence-corrected chi connectivity index (χ0v) is 13.5. The molecule has 6 heteroatoms. The molecule has 2 heterocycles. The fourth-order valence-electron chi connectivity index (χ4n) is 2.88. The van der Waals surface area contributed by atoms with Gasteiger partial charge in [0.25, 0.3) is 0 Å². The molecule has 1 fully saturated rings. The summed E-state index contributed by atoms with van der Waals surface area (Å²) in [7, 11) is 0. The Balaban J connectivity index is 1.58. The van der Waals surface area contributed by atoms with Crippen molar-refractivity contribution in [2.75, 3.05) is 11.4 Å². The first-order chi connectivity index (χ1) is 11.7. The lowest BCUT2D eigenvalue weighted by Gasteiger charge is -2.15. The van der Waals surface area contributed by atoms with Crippen LogP contribution in [-0.2, 0) is 4.79 Å². The van der Waals surface area contributed by atoms with Crippen LogP contribution >= 0.6 is 11.6 Å². The van der Waals surface area contributed by atoms with E-state index in [1.807, 2.05) is 48.5 Å². The molecule has 1 amide bonds. The van der Waals surface area contributed by atoms with Crippen LogP contribution in [0.3, 0.4) is 0 Å². The van der Waals surface area contributed by atoms with E-state index in [0.717, 1.165) is 11.3 Å². The second-order valence-corrected chi connectivity index (χ2v) is 6.08. The van der Waals surface area contributed by atoms with Crippen LogP contribution in [0.2, 0.25) is 5.02 Å². The van der Waals surface area contributed by atoms with Gasteiger partial charge in [0.1, 0.15) is 0 Å². The molecule has 3 aromatic rings. The zero-order chi connectivity index (χ0) is 16.5. The van der Waals surface area contributed by atoms with Crippen molar-refractivity contribution in [1.82, 2.24) is 10.1 Å². The summed E-state index contributed by atoms with van der Waals surface area (Å²) < 4.78 is 5.39. The molecule has 1 saturated heterocycles. The summed E-state index contributed by atoms with van der Waals surface area (Å²) in [4.78, 5) is 18.5. The number of halogens is 1. The Labute approximate surface area is 143 Å². The molecule has 2 aromatic carbocycles. The van der Waals surface area contributed by atoms with E-state index < -0.39 is 0 Å². The maximum atomic E-state index is 12.3. The van der Waals surface area contributed by atoms with Gasteiger partial charge in [0.15, 0.2) is 0 Å². The van der Waals surface area contributed by atoms with E-state index in [1.165, 1.54) is 0 Å². The van der Waals surface area contributed by atoms with Gasteiger partial charge in [-0.3, -0.25) is 4.79 Å². The maximum Gasteiger partial charge on any atom is 0.232 e.